The number of amides is 2. The van der Waals surface area contributed by atoms with Gasteiger partial charge in [0.15, 0.2) is 0 Å². The van der Waals surface area contributed by atoms with Crippen LogP contribution in [0.2, 0.25) is 0 Å². The average Bonchev–Trinajstić information content (AvgIpc) is 2.85. The van der Waals surface area contributed by atoms with Gasteiger partial charge in [-0.15, -0.1) is 0 Å². The molecule has 0 bridgehead atoms. The van der Waals surface area contributed by atoms with E-state index in [9.17, 15) is 18.0 Å². The van der Waals surface area contributed by atoms with E-state index < -0.39 is 16.1 Å². The van der Waals surface area contributed by atoms with Gasteiger partial charge in [-0.25, -0.2) is 8.42 Å². The van der Waals surface area contributed by atoms with Crippen molar-refractivity contribution in [3.63, 3.8) is 0 Å². The minimum atomic E-state index is -3.52. The summed E-state index contributed by atoms with van der Waals surface area (Å²) < 4.78 is 31.4. The van der Waals surface area contributed by atoms with Crippen LogP contribution in [0.4, 0.5) is 5.69 Å². The fourth-order valence-electron chi connectivity index (χ4n) is 3.80. The molecule has 0 aliphatic rings. The second kappa shape index (κ2) is 13.9. The van der Waals surface area contributed by atoms with Crippen molar-refractivity contribution in [3.8, 4) is 5.75 Å². The van der Waals surface area contributed by atoms with E-state index in [1.54, 1.807) is 31.1 Å². The van der Waals surface area contributed by atoms with Gasteiger partial charge in [-0.1, -0.05) is 43.2 Å². The molecule has 0 saturated carbocycles. The molecule has 2 rings (SSSR count). The molecular weight excluding hydrogens is 478 g/mol. The number of aryl methyl sites for hydroxylation is 1. The zero-order valence-corrected chi connectivity index (χ0v) is 22.8. The van der Waals surface area contributed by atoms with Crippen LogP contribution in [0.5, 0.6) is 5.75 Å². The highest BCUT2D eigenvalue weighted by molar-refractivity contribution is 7.92. The lowest BCUT2D eigenvalue weighted by molar-refractivity contribution is -0.140. The largest absolute Gasteiger partial charge is 0.497 e. The van der Waals surface area contributed by atoms with Gasteiger partial charge in [-0.2, -0.15) is 0 Å². The van der Waals surface area contributed by atoms with Crippen molar-refractivity contribution in [2.75, 3.05) is 30.8 Å². The lowest BCUT2D eigenvalue weighted by Gasteiger charge is -2.29. The van der Waals surface area contributed by atoms with Crippen molar-refractivity contribution in [2.45, 2.75) is 59.0 Å². The third kappa shape index (κ3) is 8.86. The van der Waals surface area contributed by atoms with E-state index in [1.165, 1.54) is 4.31 Å². The quantitative estimate of drug-likeness (QED) is 0.384. The first-order valence-electron chi connectivity index (χ1n) is 12.3. The molecule has 1 atom stereocenters. The summed E-state index contributed by atoms with van der Waals surface area (Å²) in [5, 5.41) is 2.90. The Morgan fingerprint density at radius 3 is 2.39 bits per heavy atom. The monoisotopic (exact) mass is 517 g/mol. The first-order valence-corrected chi connectivity index (χ1v) is 14.2. The molecule has 0 saturated heterocycles. The van der Waals surface area contributed by atoms with Crippen LogP contribution in [0, 0.1) is 6.92 Å². The minimum absolute atomic E-state index is 0.106. The Kier molecular flexibility index (Phi) is 11.2. The van der Waals surface area contributed by atoms with Gasteiger partial charge >= 0.3 is 0 Å². The number of nitrogens with one attached hydrogen (secondary N) is 1. The maximum Gasteiger partial charge on any atom is 0.242 e. The van der Waals surface area contributed by atoms with Gasteiger partial charge in [0.05, 0.1) is 19.1 Å². The van der Waals surface area contributed by atoms with Crippen LogP contribution in [0.25, 0.3) is 0 Å². The molecule has 2 aromatic carbocycles. The second-order valence-corrected chi connectivity index (χ2v) is 10.9. The maximum atomic E-state index is 13.3. The molecule has 1 N–H and O–H groups in total. The van der Waals surface area contributed by atoms with Crippen LogP contribution in [-0.4, -0.2) is 57.6 Å². The molecule has 0 aromatic heterocycles. The highest BCUT2D eigenvalue weighted by Crippen LogP contribution is 2.20. The number of hydrogen-bond donors (Lipinski definition) is 1. The number of sulfonamides is 1. The molecule has 0 aliphatic heterocycles. The maximum absolute atomic E-state index is 13.3. The fraction of sp³-hybridized carbons (Fsp3) is 0.481. The zero-order chi connectivity index (χ0) is 26.7. The average molecular weight is 518 g/mol. The third-order valence-electron chi connectivity index (χ3n) is 5.96. The zero-order valence-electron chi connectivity index (χ0n) is 22.0. The number of ether oxygens (including phenoxy) is 1. The van der Waals surface area contributed by atoms with Crippen LogP contribution in [0.3, 0.4) is 0 Å². The molecule has 9 heteroatoms. The third-order valence-corrected chi connectivity index (χ3v) is 7.15. The van der Waals surface area contributed by atoms with E-state index in [-0.39, 0.29) is 31.3 Å². The topological polar surface area (TPSA) is 96.0 Å². The van der Waals surface area contributed by atoms with E-state index in [0.717, 1.165) is 30.2 Å². The molecule has 0 aliphatic carbocycles. The van der Waals surface area contributed by atoms with Gasteiger partial charge < -0.3 is 15.0 Å². The van der Waals surface area contributed by atoms with Crippen molar-refractivity contribution in [1.82, 2.24) is 10.2 Å². The van der Waals surface area contributed by atoms with Crippen LogP contribution < -0.4 is 14.4 Å². The molecule has 8 nitrogen and oxygen atoms in total. The van der Waals surface area contributed by atoms with Crippen LogP contribution in [-0.2, 0) is 26.2 Å². The van der Waals surface area contributed by atoms with Crippen molar-refractivity contribution in [3.05, 3.63) is 59.7 Å². The Balaban J connectivity index is 2.16. The lowest BCUT2D eigenvalue weighted by Crippen LogP contribution is -2.48. The van der Waals surface area contributed by atoms with Gasteiger partial charge in [0.25, 0.3) is 0 Å². The highest BCUT2D eigenvalue weighted by Gasteiger charge is 2.26. The molecule has 36 heavy (non-hydrogen) atoms. The van der Waals surface area contributed by atoms with Crippen LogP contribution >= 0.6 is 0 Å². The molecule has 198 valence electrons. The number of anilines is 1. The smallest absolute Gasteiger partial charge is 0.242 e. The number of unbranched alkanes of at least 4 members (excludes halogenated alkanes) is 1. The lowest BCUT2D eigenvalue weighted by atomic mass is 10.1. The normalized spacial score (nSPS) is 12.0. The highest BCUT2D eigenvalue weighted by atomic mass is 32.2. The van der Waals surface area contributed by atoms with E-state index in [2.05, 4.69) is 5.32 Å². The minimum Gasteiger partial charge on any atom is -0.497 e. The summed E-state index contributed by atoms with van der Waals surface area (Å²) in [4.78, 5) is 27.7. The van der Waals surface area contributed by atoms with Gasteiger partial charge in [-0.3, -0.25) is 13.9 Å². The van der Waals surface area contributed by atoms with E-state index >= 15 is 0 Å². The van der Waals surface area contributed by atoms with Gasteiger partial charge in [0.2, 0.25) is 21.8 Å². The number of carbonyl (C=O) groups excluding carboxylic acids is 2. The fourth-order valence-corrected chi connectivity index (χ4v) is 4.77. The van der Waals surface area contributed by atoms with Gasteiger partial charge in [0, 0.05) is 26.1 Å². The number of carbonyl (C=O) groups is 2. The molecular formula is C27H39N3O5S. The van der Waals surface area contributed by atoms with Crippen LogP contribution in [0.1, 0.15) is 50.7 Å². The number of benzene rings is 2. The molecule has 0 unspecified atom stereocenters. The standard InChI is InChI=1S/C27H39N3O5S/c1-6-7-17-28-27(32)22(3)29(20-23-10-8-11-25(19-23)35-4)26(31)12-9-18-30(36(5,33)34)24-15-13-21(2)14-16-24/h8,10-11,13-16,19,22H,6-7,9,12,17-18,20H2,1-5H3,(H,28,32)/t22-/m0/s1. The molecule has 0 heterocycles. The number of methoxy groups -OCH3 is 1. The molecule has 2 amide bonds. The Bertz CT molecular complexity index is 1100. The van der Waals surface area contributed by atoms with Gasteiger partial charge in [0.1, 0.15) is 11.8 Å². The number of hydrogen-bond acceptors (Lipinski definition) is 5. The van der Waals surface area contributed by atoms with Crippen molar-refractivity contribution in [1.29, 1.82) is 0 Å². The summed E-state index contributed by atoms with van der Waals surface area (Å²) in [6.07, 6.45) is 3.40. The Morgan fingerprint density at radius 2 is 1.78 bits per heavy atom. The van der Waals surface area contributed by atoms with Gasteiger partial charge in [-0.05, 0) is 56.5 Å². The Morgan fingerprint density at radius 1 is 1.08 bits per heavy atom. The SMILES string of the molecule is CCCCNC(=O)[C@H](C)N(Cc1cccc(OC)c1)C(=O)CCCN(c1ccc(C)cc1)S(C)(=O)=O. The van der Waals surface area contributed by atoms with E-state index in [1.807, 2.05) is 50.2 Å². The Labute approximate surface area is 215 Å². The first-order chi connectivity index (χ1) is 17.1. The second-order valence-electron chi connectivity index (χ2n) is 8.97. The predicted octanol–water partition coefficient (Wildman–Crippen LogP) is 3.88. The summed E-state index contributed by atoms with van der Waals surface area (Å²) in [6.45, 7) is 6.66. The number of rotatable bonds is 14. The number of nitrogens with zero attached hydrogens (tertiary/aromatic N) is 2. The summed E-state index contributed by atoms with van der Waals surface area (Å²) in [5.74, 6) is 0.243. The molecule has 0 fully saturated rings. The molecule has 0 radical (unpaired) electrons. The summed E-state index contributed by atoms with van der Waals surface area (Å²) >= 11 is 0. The van der Waals surface area contributed by atoms with Crippen LogP contribution in [0.15, 0.2) is 48.5 Å². The summed E-state index contributed by atoms with van der Waals surface area (Å²) in [5.41, 5.74) is 2.43. The summed E-state index contributed by atoms with van der Waals surface area (Å²) in [7, 11) is -1.94. The van der Waals surface area contributed by atoms with Crippen molar-refractivity contribution < 1.29 is 22.7 Å². The van der Waals surface area contributed by atoms with E-state index in [4.69, 9.17) is 4.74 Å². The predicted molar refractivity (Wildman–Crippen MR) is 144 cm³/mol. The van der Waals surface area contributed by atoms with Crippen molar-refractivity contribution >= 4 is 27.5 Å². The van der Waals surface area contributed by atoms with E-state index in [0.29, 0.717) is 24.4 Å². The first kappa shape index (κ1) is 29.2. The molecule has 2 aromatic rings. The van der Waals surface area contributed by atoms with Crippen molar-refractivity contribution in [2.24, 2.45) is 0 Å². The molecule has 0 spiro atoms. The summed E-state index contributed by atoms with van der Waals surface area (Å²) in [6, 6.07) is 13.9. The Hall–Kier alpha value is -3.07.